The van der Waals surface area contributed by atoms with E-state index < -0.39 is 17.3 Å². The molecule has 9 heteroatoms. The molecular formula is C23H27F3IN3O2. The number of fused-ring (bicyclic) bond motifs is 1. The maximum atomic E-state index is 13.0. The van der Waals surface area contributed by atoms with Gasteiger partial charge in [-0.3, -0.25) is 4.90 Å². The lowest BCUT2D eigenvalue weighted by atomic mass is 9.99. The van der Waals surface area contributed by atoms with Crippen LogP contribution in [0.2, 0.25) is 0 Å². The Bertz CT molecular complexity index is 992. The number of aromatic nitrogens is 2. The van der Waals surface area contributed by atoms with Crippen LogP contribution < -0.4 is 0 Å². The van der Waals surface area contributed by atoms with Gasteiger partial charge < -0.3 is 9.30 Å². The topological polar surface area (TPSA) is 47.4 Å². The molecule has 0 N–H and O–H groups in total. The van der Waals surface area contributed by atoms with Crippen LogP contribution in [0.1, 0.15) is 74.6 Å². The van der Waals surface area contributed by atoms with Crippen LogP contribution in [-0.2, 0) is 23.9 Å². The van der Waals surface area contributed by atoms with E-state index >= 15 is 0 Å². The first-order valence-electron chi connectivity index (χ1n) is 10.9. The molecule has 1 aromatic carbocycles. The summed E-state index contributed by atoms with van der Waals surface area (Å²) in [7, 11) is 0. The molecule has 2 aliphatic rings. The molecule has 1 aliphatic heterocycles. The Hall–Kier alpha value is -1.78. The second-order valence-electron chi connectivity index (χ2n) is 9.49. The van der Waals surface area contributed by atoms with Crippen LogP contribution >= 0.6 is 22.6 Å². The first-order chi connectivity index (χ1) is 14.9. The van der Waals surface area contributed by atoms with Crippen LogP contribution in [0.25, 0.3) is 0 Å². The summed E-state index contributed by atoms with van der Waals surface area (Å²) in [5, 5.41) is 0. The highest BCUT2D eigenvalue weighted by molar-refractivity contribution is 14.1. The Labute approximate surface area is 199 Å². The molecule has 1 amide bonds. The summed E-state index contributed by atoms with van der Waals surface area (Å²) in [5.74, 6) is 1.58. The molecule has 0 saturated heterocycles. The number of carbonyl (C=O) groups is 1. The van der Waals surface area contributed by atoms with Crippen LogP contribution in [-0.4, -0.2) is 32.7 Å². The molecule has 1 aromatic heterocycles. The number of carbonyl (C=O) groups excluding carboxylic acids is 1. The third-order valence-corrected chi connectivity index (χ3v) is 6.60. The maximum Gasteiger partial charge on any atom is 0.416 e. The molecule has 1 unspecified atom stereocenters. The van der Waals surface area contributed by atoms with E-state index in [0.717, 1.165) is 45.8 Å². The van der Waals surface area contributed by atoms with E-state index in [9.17, 15) is 18.0 Å². The van der Waals surface area contributed by atoms with Crippen LogP contribution in [0.4, 0.5) is 18.0 Å². The summed E-state index contributed by atoms with van der Waals surface area (Å²) in [6.45, 7) is 6.71. The number of hydrogen-bond acceptors (Lipinski definition) is 3. The van der Waals surface area contributed by atoms with Crippen molar-refractivity contribution in [1.29, 1.82) is 0 Å². The van der Waals surface area contributed by atoms with Crippen LogP contribution in [0.3, 0.4) is 0 Å². The molecule has 1 fully saturated rings. The van der Waals surface area contributed by atoms with Gasteiger partial charge in [0.1, 0.15) is 15.1 Å². The highest BCUT2D eigenvalue weighted by Gasteiger charge is 2.40. The SMILES string of the molecule is CC(C)(C)OC(=O)N1CCn2c(C3CC3)nc(I)c2C1CCc1ccc(C(F)(F)F)cc1. The molecule has 1 atom stereocenters. The average molecular weight is 561 g/mol. The van der Waals surface area contributed by atoms with Gasteiger partial charge in [0.25, 0.3) is 0 Å². The normalized spacial score (nSPS) is 19.1. The standard InChI is InChI=1S/C23H27F3IN3O2/c1-22(2,3)32-21(31)29-12-13-30-18(19(27)28-20(30)15-7-8-15)17(29)11-6-14-4-9-16(10-5-14)23(24,25)26/h4-5,9-10,15,17H,6-8,11-13H2,1-3H3. The van der Waals surface area contributed by atoms with Gasteiger partial charge in [0.05, 0.1) is 17.3 Å². The molecule has 1 saturated carbocycles. The highest BCUT2D eigenvalue weighted by atomic mass is 127. The number of benzene rings is 1. The van der Waals surface area contributed by atoms with E-state index in [1.54, 1.807) is 4.90 Å². The minimum atomic E-state index is -4.35. The zero-order chi connectivity index (χ0) is 23.3. The molecule has 0 radical (unpaired) electrons. The van der Waals surface area contributed by atoms with Crippen molar-refractivity contribution in [1.82, 2.24) is 14.5 Å². The largest absolute Gasteiger partial charge is 0.444 e. The zero-order valence-corrected chi connectivity index (χ0v) is 20.5. The average Bonchev–Trinajstić information content (AvgIpc) is 3.48. The second kappa shape index (κ2) is 8.53. The minimum absolute atomic E-state index is 0.243. The second-order valence-corrected chi connectivity index (χ2v) is 10.5. The smallest absolute Gasteiger partial charge is 0.416 e. The summed E-state index contributed by atoms with van der Waals surface area (Å²) in [6, 6.07) is 5.01. The van der Waals surface area contributed by atoms with Crippen molar-refractivity contribution in [2.45, 2.75) is 76.7 Å². The third kappa shape index (κ3) is 5.07. The molecule has 0 spiro atoms. The zero-order valence-electron chi connectivity index (χ0n) is 18.4. The minimum Gasteiger partial charge on any atom is -0.444 e. The first kappa shape index (κ1) is 23.4. The number of halogens is 4. The third-order valence-electron chi connectivity index (χ3n) is 5.81. The number of amides is 1. The van der Waals surface area contributed by atoms with Gasteiger partial charge >= 0.3 is 12.3 Å². The van der Waals surface area contributed by atoms with E-state index in [1.807, 2.05) is 20.8 Å². The van der Waals surface area contributed by atoms with Gasteiger partial charge in [-0.25, -0.2) is 9.78 Å². The fraction of sp³-hybridized carbons (Fsp3) is 0.565. The van der Waals surface area contributed by atoms with E-state index in [4.69, 9.17) is 9.72 Å². The Morgan fingerprint density at radius 2 is 1.81 bits per heavy atom. The van der Waals surface area contributed by atoms with Gasteiger partial charge in [-0.2, -0.15) is 13.2 Å². The van der Waals surface area contributed by atoms with Crippen LogP contribution in [0, 0.1) is 3.70 Å². The number of alkyl halides is 3. The summed E-state index contributed by atoms with van der Waals surface area (Å²) >= 11 is 2.23. The van der Waals surface area contributed by atoms with Gasteiger partial charge in [0.2, 0.25) is 0 Å². The van der Waals surface area contributed by atoms with E-state index in [2.05, 4.69) is 27.2 Å². The number of hydrogen-bond donors (Lipinski definition) is 0. The van der Waals surface area contributed by atoms with Crippen molar-refractivity contribution < 1.29 is 22.7 Å². The predicted molar refractivity (Wildman–Crippen MR) is 122 cm³/mol. The molecule has 32 heavy (non-hydrogen) atoms. The molecule has 174 valence electrons. The van der Waals surface area contributed by atoms with Crippen LogP contribution in [0.15, 0.2) is 24.3 Å². The molecular weight excluding hydrogens is 534 g/mol. The van der Waals surface area contributed by atoms with Gasteiger partial charge in [-0.05, 0) is 86.7 Å². The molecule has 2 heterocycles. The Balaban J connectivity index is 1.60. The summed E-state index contributed by atoms with van der Waals surface area (Å²) in [4.78, 5) is 19.6. The fourth-order valence-electron chi connectivity index (χ4n) is 4.17. The van der Waals surface area contributed by atoms with Crippen molar-refractivity contribution in [2.24, 2.45) is 0 Å². The number of aryl methyl sites for hydroxylation is 1. The lowest BCUT2D eigenvalue weighted by molar-refractivity contribution is -0.137. The van der Waals surface area contributed by atoms with Gasteiger partial charge in [-0.15, -0.1) is 0 Å². The van der Waals surface area contributed by atoms with Crippen molar-refractivity contribution in [2.75, 3.05) is 6.54 Å². The quantitative estimate of drug-likeness (QED) is 0.412. The van der Waals surface area contributed by atoms with Crippen molar-refractivity contribution in [3.8, 4) is 0 Å². The monoisotopic (exact) mass is 561 g/mol. The van der Waals surface area contributed by atoms with Crippen LogP contribution in [0.5, 0.6) is 0 Å². The van der Waals surface area contributed by atoms with E-state index in [1.165, 1.54) is 12.1 Å². The number of nitrogens with zero attached hydrogens (tertiary/aromatic N) is 3. The lowest BCUT2D eigenvalue weighted by Gasteiger charge is -2.38. The van der Waals surface area contributed by atoms with Crippen molar-refractivity contribution in [3.05, 3.63) is 50.6 Å². The Kier molecular flexibility index (Phi) is 6.23. The van der Waals surface area contributed by atoms with Gasteiger partial charge in [-0.1, -0.05) is 12.1 Å². The summed E-state index contributed by atoms with van der Waals surface area (Å²) in [6.07, 6.45) is -1.32. The van der Waals surface area contributed by atoms with Crippen molar-refractivity contribution >= 4 is 28.7 Å². The predicted octanol–water partition coefficient (Wildman–Crippen LogP) is 6.31. The van der Waals surface area contributed by atoms with Gasteiger partial charge in [0.15, 0.2) is 0 Å². The van der Waals surface area contributed by atoms with E-state index in [0.29, 0.717) is 31.8 Å². The molecule has 4 rings (SSSR count). The van der Waals surface area contributed by atoms with Gasteiger partial charge in [0, 0.05) is 19.0 Å². The molecule has 0 bridgehead atoms. The molecule has 2 aromatic rings. The fourth-order valence-corrected chi connectivity index (χ4v) is 5.06. The maximum absolute atomic E-state index is 13.0. The van der Waals surface area contributed by atoms with E-state index in [-0.39, 0.29) is 12.1 Å². The Morgan fingerprint density at radius 3 is 2.38 bits per heavy atom. The Morgan fingerprint density at radius 1 is 1.16 bits per heavy atom. The number of imidazole rings is 1. The summed E-state index contributed by atoms with van der Waals surface area (Å²) < 4.78 is 47.5. The number of ether oxygens (including phenoxy) is 1. The van der Waals surface area contributed by atoms with Crippen molar-refractivity contribution in [3.63, 3.8) is 0 Å². The summed E-state index contributed by atoms with van der Waals surface area (Å²) in [5.41, 5.74) is 0.544. The molecule has 5 nitrogen and oxygen atoms in total. The highest BCUT2D eigenvalue weighted by Crippen LogP contribution is 2.43. The molecule has 1 aliphatic carbocycles. The number of rotatable bonds is 4. The lowest BCUT2D eigenvalue weighted by Crippen LogP contribution is -2.45. The first-order valence-corrected chi connectivity index (χ1v) is 11.9.